The number of benzene rings is 1. The molecule has 0 aliphatic carbocycles. The van der Waals surface area contributed by atoms with Crippen LogP contribution in [0.4, 0.5) is 10.5 Å². The van der Waals surface area contributed by atoms with Crippen LogP contribution in [-0.2, 0) is 13.0 Å². The van der Waals surface area contributed by atoms with Crippen LogP contribution in [-0.4, -0.2) is 33.4 Å². The first-order valence-corrected chi connectivity index (χ1v) is 8.28. The fourth-order valence-corrected chi connectivity index (χ4v) is 2.65. The van der Waals surface area contributed by atoms with Gasteiger partial charge in [-0.2, -0.15) is 5.10 Å². The number of para-hydroxylation sites is 2. The summed E-state index contributed by atoms with van der Waals surface area (Å²) in [5, 5.41) is 10.0. The number of nitrogens with zero attached hydrogens (tertiary/aromatic N) is 3. The number of anilines is 1. The molecule has 1 aromatic heterocycles. The zero-order valence-corrected chi connectivity index (χ0v) is 14.0. The summed E-state index contributed by atoms with van der Waals surface area (Å²) in [5.74, 6) is 2.08. The van der Waals surface area contributed by atoms with E-state index in [-0.39, 0.29) is 12.1 Å². The molecule has 7 nitrogen and oxygen atoms in total. The Morgan fingerprint density at radius 1 is 1.42 bits per heavy atom. The lowest BCUT2D eigenvalue weighted by atomic mass is 10.1. The standard InChI is InChI=1S/C17H23N5O2/c1-12(2)10-24-15-6-4-3-5-14(15)21-17(23)20-13-7-8-16-18-11-19-22(16)9-13/h3-6,11-13H,7-10H2,1-2H3,(H2,20,21,23)/t13-/m1/s1. The van der Waals surface area contributed by atoms with E-state index in [1.165, 1.54) is 0 Å². The lowest BCUT2D eigenvalue weighted by Crippen LogP contribution is -2.43. The molecule has 2 amide bonds. The molecule has 0 bridgehead atoms. The van der Waals surface area contributed by atoms with Crippen molar-refractivity contribution in [2.75, 3.05) is 11.9 Å². The van der Waals surface area contributed by atoms with Crippen LogP contribution < -0.4 is 15.4 Å². The minimum atomic E-state index is -0.232. The van der Waals surface area contributed by atoms with Crippen molar-refractivity contribution in [3.63, 3.8) is 0 Å². The van der Waals surface area contributed by atoms with Gasteiger partial charge in [0, 0.05) is 6.42 Å². The highest BCUT2D eigenvalue weighted by molar-refractivity contribution is 5.91. The predicted molar refractivity (Wildman–Crippen MR) is 91.1 cm³/mol. The number of carbonyl (C=O) groups is 1. The van der Waals surface area contributed by atoms with Crippen LogP contribution >= 0.6 is 0 Å². The van der Waals surface area contributed by atoms with Gasteiger partial charge in [0.05, 0.1) is 24.9 Å². The number of hydrogen-bond acceptors (Lipinski definition) is 4. The average Bonchev–Trinajstić information content (AvgIpc) is 3.01. The van der Waals surface area contributed by atoms with E-state index in [4.69, 9.17) is 4.74 Å². The van der Waals surface area contributed by atoms with Crippen LogP contribution in [0.3, 0.4) is 0 Å². The first-order chi connectivity index (χ1) is 11.6. The lowest BCUT2D eigenvalue weighted by molar-refractivity contribution is 0.242. The first-order valence-electron chi connectivity index (χ1n) is 8.28. The van der Waals surface area contributed by atoms with Gasteiger partial charge in [0.2, 0.25) is 0 Å². The zero-order valence-electron chi connectivity index (χ0n) is 14.0. The Bertz CT molecular complexity index is 698. The maximum absolute atomic E-state index is 12.3. The molecule has 1 aliphatic rings. The summed E-state index contributed by atoms with van der Waals surface area (Å²) >= 11 is 0. The molecule has 2 N–H and O–H groups in total. The summed E-state index contributed by atoms with van der Waals surface area (Å²) in [5.41, 5.74) is 0.674. The van der Waals surface area contributed by atoms with E-state index < -0.39 is 0 Å². The Labute approximate surface area is 141 Å². The van der Waals surface area contributed by atoms with Crippen molar-refractivity contribution in [1.82, 2.24) is 20.1 Å². The number of ether oxygens (including phenoxy) is 1. The van der Waals surface area contributed by atoms with E-state index in [0.29, 0.717) is 30.5 Å². The minimum Gasteiger partial charge on any atom is -0.491 e. The van der Waals surface area contributed by atoms with Gasteiger partial charge in [-0.15, -0.1) is 0 Å². The van der Waals surface area contributed by atoms with Crippen molar-refractivity contribution in [3.8, 4) is 5.75 Å². The first kappa shape index (κ1) is 16.3. The third-order valence-corrected chi connectivity index (χ3v) is 3.85. The molecule has 128 valence electrons. The number of amides is 2. The maximum atomic E-state index is 12.3. The molecule has 1 atom stereocenters. The Kier molecular flexibility index (Phi) is 4.98. The highest BCUT2D eigenvalue weighted by atomic mass is 16.5. The van der Waals surface area contributed by atoms with E-state index in [2.05, 4.69) is 34.6 Å². The Balaban J connectivity index is 1.57. The van der Waals surface area contributed by atoms with E-state index in [9.17, 15) is 4.79 Å². The highest BCUT2D eigenvalue weighted by Crippen LogP contribution is 2.24. The van der Waals surface area contributed by atoms with Crippen LogP contribution in [0, 0.1) is 5.92 Å². The quantitative estimate of drug-likeness (QED) is 0.883. The number of fused-ring (bicyclic) bond motifs is 1. The summed E-state index contributed by atoms with van der Waals surface area (Å²) in [6, 6.07) is 7.28. The van der Waals surface area contributed by atoms with E-state index in [1.807, 2.05) is 28.9 Å². The van der Waals surface area contributed by atoms with Crippen molar-refractivity contribution in [1.29, 1.82) is 0 Å². The SMILES string of the molecule is CC(C)COc1ccccc1NC(=O)N[C@@H]1CCc2ncnn2C1. The Hall–Kier alpha value is -2.57. The number of aromatic nitrogens is 3. The second kappa shape index (κ2) is 7.33. The molecule has 2 heterocycles. The zero-order chi connectivity index (χ0) is 16.9. The molecule has 7 heteroatoms. The molecule has 2 aromatic rings. The molecule has 0 saturated heterocycles. The van der Waals surface area contributed by atoms with Crippen molar-refractivity contribution < 1.29 is 9.53 Å². The number of nitrogens with one attached hydrogen (secondary N) is 2. The molecule has 24 heavy (non-hydrogen) atoms. The Morgan fingerprint density at radius 2 is 2.25 bits per heavy atom. The summed E-state index contributed by atoms with van der Waals surface area (Å²) in [6.07, 6.45) is 3.23. The largest absolute Gasteiger partial charge is 0.491 e. The van der Waals surface area contributed by atoms with Crippen LogP contribution in [0.15, 0.2) is 30.6 Å². The van der Waals surface area contributed by atoms with Gasteiger partial charge in [0.15, 0.2) is 0 Å². The smallest absolute Gasteiger partial charge is 0.319 e. The van der Waals surface area contributed by atoms with Crippen molar-refractivity contribution in [2.24, 2.45) is 5.92 Å². The van der Waals surface area contributed by atoms with Gasteiger partial charge >= 0.3 is 6.03 Å². The molecule has 0 spiro atoms. The van der Waals surface area contributed by atoms with E-state index in [1.54, 1.807) is 6.33 Å². The summed E-state index contributed by atoms with van der Waals surface area (Å²) in [7, 11) is 0. The van der Waals surface area contributed by atoms with E-state index >= 15 is 0 Å². The van der Waals surface area contributed by atoms with Gasteiger partial charge in [-0.3, -0.25) is 0 Å². The maximum Gasteiger partial charge on any atom is 0.319 e. The van der Waals surface area contributed by atoms with Gasteiger partial charge in [-0.25, -0.2) is 14.5 Å². The third-order valence-electron chi connectivity index (χ3n) is 3.85. The number of urea groups is 1. The molecule has 1 aliphatic heterocycles. The molecular formula is C17H23N5O2. The predicted octanol–water partition coefficient (Wildman–Crippen LogP) is 2.45. The third kappa shape index (κ3) is 4.04. The van der Waals surface area contributed by atoms with E-state index in [0.717, 1.165) is 18.7 Å². The van der Waals surface area contributed by atoms with Crippen molar-refractivity contribution in [2.45, 2.75) is 39.3 Å². The monoisotopic (exact) mass is 329 g/mol. The van der Waals surface area contributed by atoms with Crippen LogP contribution in [0.25, 0.3) is 0 Å². The van der Waals surface area contributed by atoms with Crippen molar-refractivity contribution in [3.05, 3.63) is 36.4 Å². The molecule has 0 unspecified atom stereocenters. The van der Waals surface area contributed by atoms with Crippen molar-refractivity contribution >= 4 is 11.7 Å². The van der Waals surface area contributed by atoms with Crippen LogP contribution in [0.2, 0.25) is 0 Å². The lowest BCUT2D eigenvalue weighted by Gasteiger charge is -2.24. The second-order valence-corrected chi connectivity index (χ2v) is 6.39. The number of rotatable bonds is 5. The van der Waals surface area contributed by atoms with Gasteiger partial charge < -0.3 is 15.4 Å². The minimum absolute atomic E-state index is 0.0444. The number of aryl methyl sites for hydroxylation is 1. The molecule has 0 fully saturated rings. The summed E-state index contributed by atoms with van der Waals surface area (Å²) < 4.78 is 7.60. The molecular weight excluding hydrogens is 306 g/mol. The van der Waals surface area contributed by atoms with Crippen LogP contribution in [0.1, 0.15) is 26.1 Å². The summed E-state index contributed by atoms with van der Waals surface area (Å²) in [6.45, 7) is 5.43. The second-order valence-electron chi connectivity index (χ2n) is 6.39. The molecule has 1 aromatic carbocycles. The highest BCUT2D eigenvalue weighted by Gasteiger charge is 2.21. The summed E-state index contributed by atoms with van der Waals surface area (Å²) in [4.78, 5) is 16.5. The normalized spacial score (nSPS) is 16.5. The van der Waals surface area contributed by atoms with Gasteiger partial charge in [-0.05, 0) is 24.5 Å². The molecule has 0 saturated carbocycles. The fourth-order valence-electron chi connectivity index (χ4n) is 2.65. The number of hydrogen-bond donors (Lipinski definition) is 2. The van der Waals surface area contributed by atoms with Crippen LogP contribution in [0.5, 0.6) is 5.75 Å². The average molecular weight is 329 g/mol. The number of carbonyl (C=O) groups excluding carboxylic acids is 1. The topological polar surface area (TPSA) is 81.1 Å². The molecule has 3 rings (SSSR count). The van der Waals surface area contributed by atoms with Gasteiger partial charge in [-0.1, -0.05) is 26.0 Å². The van der Waals surface area contributed by atoms with Gasteiger partial charge in [0.25, 0.3) is 0 Å². The molecule has 0 radical (unpaired) electrons. The fraction of sp³-hybridized carbons (Fsp3) is 0.471. The Morgan fingerprint density at radius 3 is 3.08 bits per heavy atom. The van der Waals surface area contributed by atoms with Gasteiger partial charge in [0.1, 0.15) is 17.9 Å².